The molecule has 2 fully saturated rings. The molecule has 1 unspecified atom stereocenters. The van der Waals surface area contributed by atoms with Crippen LogP contribution >= 0.6 is 0 Å². The van der Waals surface area contributed by atoms with E-state index >= 15 is 0 Å². The predicted molar refractivity (Wildman–Crippen MR) is 83.3 cm³/mol. The molecule has 2 aliphatic rings. The van der Waals surface area contributed by atoms with Crippen LogP contribution in [0.15, 0.2) is 17.2 Å². The SMILES string of the molecule is Cc1nccn(CC2(O)CCN(C(=O)O)CC23CCCC3)c1=O. The first kappa shape index (κ1) is 16.0. The van der Waals surface area contributed by atoms with Gasteiger partial charge >= 0.3 is 6.09 Å². The Morgan fingerprint density at radius 2 is 2.04 bits per heavy atom. The van der Waals surface area contributed by atoms with Gasteiger partial charge in [0, 0.05) is 30.9 Å². The average Bonchev–Trinajstić information content (AvgIpc) is 2.97. The number of hydrogen-bond acceptors (Lipinski definition) is 4. The zero-order valence-corrected chi connectivity index (χ0v) is 13.4. The fraction of sp³-hybridized carbons (Fsp3) is 0.688. The van der Waals surface area contributed by atoms with Gasteiger partial charge in [0.2, 0.25) is 0 Å². The number of aryl methyl sites for hydroxylation is 1. The maximum atomic E-state index is 12.2. The number of likely N-dealkylation sites (tertiary alicyclic amines) is 1. The van der Waals surface area contributed by atoms with E-state index in [1.807, 2.05) is 0 Å². The molecule has 2 N–H and O–H groups in total. The third-order valence-electron chi connectivity index (χ3n) is 5.62. The van der Waals surface area contributed by atoms with Crippen molar-refractivity contribution < 1.29 is 15.0 Å². The smallest absolute Gasteiger partial charge is 0.407 e. The summed E-state index contributed by atoms with van der Waals surface area (Å²) < 4.78 is 1.51. The van der Waals surface area contributed by atoms with E-state index in [4.69, 9.17) is 0 Å². The quantitative estimate of drug-likeness (QED) is 0.854. The third kappa shape index (κ3) is 2.63. The van der Waals surface area contributed by atoms with E-state index in [1.54, 1.807) is 19.3 Å². The average molecular weight is 321 g/mol. The predicted octanol–water partition coefficient (Wildman–Crippen LogP) is 1.23. The summed E-state index contributed by atoms with van der Waals surface area (Å²) in [5.74, 6) is 0. The van der Waals surface area contributed by atoms with E-state index in [0.29, 0.717) is 25.2 Å². The van der Waals surface area contributed by atoms with Crippen molar-refractivity contribution in [2.45, 2.75) is 51.2 Å². The monoisotopic (exact) mass is 321 g/mol. The van der Waals surface area contributed by atoms with Gasteiger partial charge in [0.25, 0.3) is 5.56 Å². The van der Waals surface area contributed by atoms with Crippen molar-refractivity contribution >= 4 is 6.09 Å². The second-order valence-electron chi connectivity index (χ2n) is 6.92. The molecule has 1 amide bonds. The Morgan fingerprint density at radius 1 is 1.35 bits per heavy atom. The Bertz CT molecular complexity index is 666. The molecule has 7 heteroatoms. The summed E-state index contributed by atoms with van der Waals surface area (Å²) in [6, 6.07) is 0. The fourth-order valence-electron chi connectivity index (χ4n) is 4.22. The lowest BCUT2D eigenvalue weighted by atomic mass is 9.66. The largest absolute Gasteiger partial charge is 0.465 e. The first-order chi connectivity index (χ1) is 10.9. The second kappa shape index (κ2) is 5.63. The molecule has 126 valence electrons. The van der Waals surface area contributed by atoms with Gasteiger partial charge in [-0.3, -0.25) is 9.78 Å². The molecule has 7 nitrogen and oxygen atoms in total. The molecule has 2 heterocycles. The van der Waals surface area contributed by atoms with Gasteiger partial charge in [0.1, 0.15) is 5.69 Å². The van der Waals surface area contributed by atoms with Gasteiger partial charge in [-0.2, -0.15) is 0 Å². The van der Waals surface area contributed by atoms with Crippen LogP contribution in [0.4, 0.5) is 4.79 Å². The van der Waals surface area contributed by atoms with Gasteiger partial charge in [0.05, 0.1) is 12.1 Å². The molecular formula is C16H23N3O4. The van der Waals surface area contributed by atoms with Gasteiger partial charge < -0.3 is 19.7 Å². The number of rotatable bonds is 2. The molecule has 1 aromatic rings. The van der Waals surface area contributed by atoms with E-state index in [2.05, 4.69) is 4.98 Å². The standard InChI is InChI=1S/C16H23N3O4/c1-12-13(20)18(9-7-17-12)11-16(23)6-8-19(14(21)22)10-15(16)4-2-3-5-15/h7,9,23H,2-6,8,10-11H2,1H3,(H,21,22). The molecule has 1 atom stereocenters. The normalized spacial score (nSPS) is 26.6. The summed E-state index contributed by atoms with van der Waals surface area (Å²) in [7, 11) is 0. The summed E-state index contributed by atoms with van der Waals surface area (Å²) in [6.45, 7) is 2.49. The van der Waals surface area contributed by atoms with Crippen LogP contribution in [-0.2, 0) is 6.54 Å². The number of nitrogens with zero attached hydrogens (tertiary/aromatic N) is 3. The molecular weight excluding hydrogens is 298 g/mol. The topological polar surface area (TPSA) is 95.7 Å². The molecule has 1 aliphatic carbocycles. The number of aliphatic hydroxyl groups is 1. The Balaban J connectivity index is 1.94. The van der Waals surface area contributed by atoms with Gasteiger partial charge in [0.15, 0.2) is 0 Å². The van der Waals surface area contributed by atoms with Crippen molar-refractivity contribution in [1.29, 1.82) is 0 Å². The van der Waals surface area contributed by atoms with E-state index < -0.39 is 17.1 Å². The fourth-order valence-corrected chi connectivity index (χ4v) is 4.22. The maximum Gasteiger partial charge on any atom is 0.407 e. The lowest BCUT2D eigenvalue weighted by Gasteiger charge is -2.51. The summed E-state index contributed by atoms with van der Waals surface area (Å²) in [6.07, 6.45) is 6.15. The summed E-state index contributed by atoms with van der Waals surface area (Å²) in [4.78, 5) is 29.0. The van der Waals surface area contributed by atoms with Crippen LogP contribution in [0.3, 0.4) is 0 Å². The lowest BCUT2D eigenvalue weighted by Crippen LogP contribution is -2.62. The molecule has 1 aromatic heterocycles. The molecule has 0 radical (unpaired) electrons. The maximum absolute atomic E-state index is 12.2. The molecule has 1 saturated heterocycles. The highest BCUT2D eigenvalue weighted by atomic mass is 16.4. The van der Waals surface area contributed by atoms with Gasteiger partial charge in [-0.1, -0.05) is 12.8 Å². The second-order valence-corrected chi connectivity index (χ2v) is 6.92. The zero-order valence-electron chi connectivity index (χ0n) is 13.4. The molecule has 3 rings (SSSR count). The molecule has 0 bridgehead atoms. The Labute approximate surface area is 134 Å². The van der Waals surface area contributed by atoms with Gasteiger partial charge in [-0.15, -0.1) is 0 Å². The van der Waals surface area contributed by atoms with Crippen molar-refractivity contribution in [3.63, 3.8) is 0 Å². The summed E-state index contributed by atoms with van der Waals surface area (Å²) >= 11 is 0. The van der Waals surface area contributed by atoms with Crippen LogP contribution in [0.25, 0.3) is 0 Å². The number of amides is 1. The number of piperidine rings is 1. The van der Waals surface area contributed by atoms with Crippen molar-refractivity contribution in [3.05, 3.63) is 28.4 Å². The number of hydrogen-bond donors (Lipinski definition) is 2. The van der Waals surface area contributed by atoms with Crippen LogP contribution in [0.2, 0.25) is 0 Å². The highest BCUT2D eigenvalue weighted by Gasteiger charge is 2.55. The van der Waals surface area contributed by atoms with E-state index in [0.717, 1.165) is 25.7 Å². The van der Waals surface area contributed by atoms with Gasteiger partial charge in [-0.05, 0) is 26.2 Å². The first-order valence-electron chi connectivity index (χ1n) is 8.09. The van der Waals surface area contributed by atoms with Crippen LogP contribution in [0, 0.1) is 12.3 Å². The van der Waals surface area contributed by atoms with Crippen molar-refractivity contribution in [3.8, 4) is 0 Å². The van der Waals surface area contributed by atoms with Gasteiger partial charge in [-0.25, -0.2) is 4.79 Å². The molecule has 1 saturated carbocycles. The minimum atomic E-state index is -1.06. The molecule has 23 heavy (non-hydrogen) atoms. The van der Waals surface area contributed by atoms with E-state index in [1.165, 1.54) is 9.47 Å². The Morgan fingerprint density at radius 3 is 2.70 bits per heavy atom. The zero-order chi connectivity index (χ0) is 16.7. The minimum absolute atomic E-state index is 0.197. The van der Waals surface area contributed by atoms with Crippen molar-refractivity contribution in [1.82, 2.24) is 14.5 Å². The minimum Gasteiger partial charge on any atom is -0.465 e. The lowest BCUT2D eigenvalue weighted by molar-refractivity contribution is -0.137. The van der Waals surface area contributed by atoms with E-state index in [9.17, 15) is 19.8 Å². The third-order valence-corrected chi connectivity index (χ3v) is 5.62. The van der Waals surface area contributed by atoms with Crippen LogP contribution in [-0.4, -0.2) is 49.4 Å². The highest BCUT2D eigenvalue weighted by molar-refractivity contribution is 5.65. The summed E-state index contributed by atoms with van der Waals surface area (Å²) in [5, 5.41) is 20.7. The van der Waals surface area contributed by atoms with Crippen molar-refractivity contribution in [2.24, 2.45) is 5.41 Å². The number of aromatic nitrogens is 2. The Kier molecular flexibility index (Phi) is 3.91. The van der Waals surface area contributed by atoms with Crippen LogP contribution in [0.1, 0.15) is 37.8 Å². The number of carboxylic acid groups (broad SMARTS) is 1. The number of carbonyl (C=O) groups is 1. The molecule has 0 aromatic carbocycles. The Hall–Kier alpha value is -1.89. The molecule has 1 aliphatic heterocycles. The summed E-state index contributed by atoms with van der Waals surface area (Å²) in [5.41, 5.74) is -1.32. The first-order valence-corrected chi connectivity index (χ1v) is 8.09. The molecule has 1 spiro atoms. The van der Waals surface area contributed by atoms with Crippen LogP contribution < -0.4 is 5.56 Å². The van der Waals surface area contributed by atoms with Crippen molar-refractivity contribution in [2.75, 3.05) is 13.1 Å². The van der Waals surface area contributed by atoms with E-state index in [-0.39, 0.29) is 12.1 Å². The highest BCUT2D eigenvalue weighted by Crippen LogP contribution is 2.51. The van der Waals surface area contributed by atoms with Crippen LogP contribution in [0.5, 0.6) is 0 Å².